The monoisotopic (exact) mass is 356 g/mol. The molecule has 0 radical (unpaired) electrons. The minimum Gasteiger partial charge on any atom is -0.495 e. The summed E-state index contributed by atoms with van der Waals surface area (Å²) in [5.41, 5.74) is 2.79. The van der Waals surface area contributed by atoms with Crippen molar-refractivity contribution in [2.75, 3.05) is 19.5 Å². The van der Waals surface area contributed by atoms with Gasteiger partial charge in [0.15, 0.2) is 0 Å². The van der Waals surface area contributed by atoms with Crippen LogP contribution in [0.2, 0.25) is 5.02 Å². The highest BCUT2D eigenvalue weighted by atomic mass is 35.5. The van der Waals surface area contributed by atoms with Crippen molar-refractivity contribution in [2.45, 2.75) is 6.92 Å². The van der Waals surface area contributed by atoms with Crippen LogP contribution < -0.4 is 10.1 Å². The van der Waals surface area contributed by atoms with Crippen molar-refractivity contribution >= 4 is 34.7 Å². The Bertz CT molecular complexity index is 888. The molecule has 0 unspecified atom stereocenters. The number of hydrogen-bond donors (Lipinski definition) is 1. The molecular formula is C19H17ClN2O3. The number of rotatable bonds is 4. The molecule has 1 aliphatic heterocycles. The van der Waals surface area contributed by atoms with Crippen LogP contribution in [0.1, 0.15) is 11.1 Å². The molecule has 0 aliphatic carbocycles. The topological polar surface area (TPSA) is 58.6 Å². The Morgan fingerprint density at radius 1 is 1.04 bits per heavy atom. The van der Waals surface area contributed by atoms with E-state index >= 15 is 0 Å². The van der Waals surface area contributed by atoms with Crippen molar-refractivity contribution in [3.63, 3.8) is 0 Å². The van der Waals surface area contributed by atoms with Crippen LogP contribution in [0.25, 0.3) is 5.57 Å². The molecule has 2 aromatic rings. The molecular weight excluding hydrogens is 340 g/mol. The van der Waals surface area contributed by atoms with Gasteiger partial charge in [-0.1, -0.05) is 29.8 Å². The summed E-state index contributed by atoms with van der Waals surface area (Å²) in [6, 6.07) is 12.4. The van der Waals surface area contributed by atoms with Crippen LogP contribution >= 0.6 is 11.6 Å². The highest BCUT2D eigenvalue weighted by Crippen LogP contribution is 2.33. The molecule has 1 aliphatic rings. The molecule has 5 nitrogen and oxygen atoms in total. The number of hydrogen-bond acceptors (Lipinski definition) is 4. The average Bonchev–Trinajstić information content (AvgIpc) is 2.80. The Labute approximate surface area is 150 Å². The van der Waals surface area contributed by atoms with Crippen LogP contribution in [-0.2, 0) is 9.59 Å². The van der Waals surface area contributed by atoms with Gasteiger partial charge in [0.1, 0.15) is 11.4 Å². The van der Waals surface area contributed by atoms with Crippen LogP contribution in [0.15, 0.2) is 48.2 Å². The summed E-state index contributed by atoms with van der Waals surface area (Å²) in [5, 5.41) is 3.64. The maximum absolute atomic E-state index is 12.6. The van der Waals surface area contributed by atoms with Gasteiger partial charge in [-0.05, 0) is 42.3 Å². The molecule has 3 rings (SSSR count). The summed E-state index contributed by atoms with van der Waals surface area (Å²) in [6.45, 7) is 1.94. The third-order valence-electron chi connectivity index (χ3n) is 4.03. The number of halogens is 1. The van der Waals surface area contributed by atoms with E-state index in [0.29, 0.717) is 27.6 Å². The molecule has 25 heavy (non-hydrogen) atoms. The molecule has 0 saturated heterocycles. The predicted molar refractivity (Wildman–Crippen MR) is 97.5 cm³/mol. The van der Waals surface area contributed by atoms with E-state index in [1.165, 1.54) is 7.05 Å². The zero-order valence-corrected chi connectivity index (χ0v) is 14.8. The third kappa shape index (κ3) is 3.10. The van der Waals surface area contributed by atoms with Crippen LogP contribution in [0.5, 0.6) is 5.75 Å². The van der Waals surface area contributed by atoms with E-state index in [9.17, 15) is 9.59 Å². The van der Waals surface area contributed by atoms with Crippen LogP contribution in [-0.4, -0.2) is 30.9 Å². The lowest BCUT2D eigenvalue weighted by atomic mass is 10.0. The highest BCUT2D eigenvalue weighted by molar-refractivity contribution is 6.36. The minimum absolute atomic E-state index is 0.221. The zero-order chi connectivity index (χ0) is 18.1. The number of amides is 2. The summed E-state index contributed by atoms with van der Waals surface area (Å²) in [5.74, 6) is -0.164. The predicted octanol–water partition coefficient (Wildman–Crippen LogP) is 3.48. The van der Waals surface area contributed by atoms with Crippen LogP contribution in [0, 0.1) is 6.92 Å². The minimum atomic E-state index is -0.390. The maximum atomic E-state index is 12.6. The van der Waals surface area contributed by atoms with Gasteiger partial charge in [-0.25, -0.2) is 0 Å². The van der Waals surface area contributed by atoms with Gasteiger partial charge in [-0.15, -0.1) is 0 Å². The molecule has 0 saturated carbocycles. The van der Waals surface area contributed by atoms with E-state index in [1.54, 1.807) is 31.4 Å². The number of carbonyl (C=O) groups excluding carboxylic acids is 2. The van der Waals surface area contributed by atoms with Crippen molar-refractivity contribution in [2.24, 2.45) is 0 Å². The summed E-state index contributed by atoms with van der Waals surface area (Å²) in [6.07, 6.45) is 0. The number of nitrogens with zero attached hydrogens (tertiary/aromatic N) is 1. The fourth-order valence-corrected chi connectivity index (χ4v) is 2.82. The van der Waals surface area contributed by atoms with Gasteiger partial charge in [0.25, 0.3) is 11.8 Å². The molecule has 0 atom stereocenters. The first-order valence-electron chi connectivity index (χ1n) is 7.66. The number of anilines is 1. The standard InChI is InChI=1S/C19H17ClN2O3/c1-11-4-9-15(25-3)14(10-11)21-17-16(18(23)22(2)19(17)24)12-5-7-13(20)8-6-12/h4-10,21H,1-3H3. The van der Waals surface area contributed by atoms with Gasteiger partial charge < -0.3 is 10.1 Å². The number of nitrogens with one attached hydrogen (secondary N) is 1. The van der Waals surface area contributed by atoms with E-state index in [0.717, 1.165) is 10.5 Å². The van der Waals surface area contributed by atoms with E-state index in [4.69, 9.17) is 16.3 Å². The summed E-state index contributed by atoms with van der Waals surface area (Å²) in [4.78, 5) is 26.2. The van der Waals surface area contributed by atoms with Crippen molar-refractivity contribution in [3.8, 4) is 5.75 Å². The number of aryl methyl sites for hydroxylation is 1. The molecule has 0 aromatic heterocycles. The maximum Gasteiger partial charge on any atom is 0.277 e. The molecule has 1 N–H and O–H groups in total. The molecule has 0 spiro atoms. The summed E-state index contributed by atoms with van der Waals surface area (Å²) >= 11 is 5.92. The molecule has 1 heterocycles. The van der Waals surface area contributed by atoms with Crippen molar-refractivity contribution in [1.29, 1.82) is 0 Å². The first-order valence-corrected chi connectivity index (χ1v) is 8.04. The Balaban J connectivity index is 2.12. The second-order valence-electron chi connectivity index (χ2n) is 5.75. The van der Waals surface area contributed by atoms with Gasteiger partial charge in [0.2, 0.25) is 0 Å². The average molecular weight is 357 g/mol. The van der Waals surface area contributed by atoms with Gasteiger partial charge >= 0.3 is 0 Å². The fraction of sp³-hybridized carbons (Fsp3) is 0.158. The van der Waals surface area contributed by atoms with E-state index < -0.39 is 5.91 Å². The van der Waals surface area contributed by atoms with Crippen molar-refractivity contribution in [3.05, 3.63) is 64.3 Å². The van der Waals surface area contributed by atoms with E-state index in [-0.39, 0.29) is 11.6 Å². The summed E-state index contributed by atoms with van der Waals surface area (Å²) < 4.78 is 5.34. The lowest BCUT2D eigenvalue weighted by Crippen LogP contribution is -2.28. The molecule has 128 valence electrons. The first-order chi connectivity index (χ1) is 11.9. The smallest absolute Gasteiger partial charge is 0.277 e. The van der Waals surface area contributed by atoms with Gasteiger partial charge in [-0.2, -0.15) is 0 Å². The van der Waals surface area contributed by atoms with Crippen molar-refractivity contribution in [1.82, 2.24) is 4.90 Å². The number of ether oxygens (including phenoxy) is 1. The second kappa shape index (κ2) is 6.61. The fourth-order valence-electron chi connectivity index (χ4n) is 2.70. The number of methoxy groups -OCH3 is 1. The summed E-state index contributed by atoms with van der Waals surface area (Å²) in [7, 11) is 3.01. The molecule has 0 fully saturated rings. The lowest BCUT2D eigenvalue weighted by Gasteiger charge is -2.13. The van der Waals surface area contributed by atoms with E-state index in [1.807, 2.05) is 25.1 Å². The number of benzene rings is 2. The molecule has 2 aromatic carbocycles. The highest BCUT2D eigenvalue weighted by Gasteiger charge is 2.37. The third-order valence-corrected chi connectivity index (χ3v) is 4.29. The SMILES string of the molecule is COc1ccc(C)cc1NC1=C(c2ccc(Cl)cc2)C(=O)N(C)C1=O. The number of carbonyl (C=O) groups is 2. The zero-order valence-electron chi connectivity index (χ0n) is 14.1. The second-order valence-corrected chi connectivity index (χ2v) is 6.19. The quantitative estimate of drug-likeness (QED) is 0.852. The van der Waals surface area contributed by atoms with E-state index in [2.05, 4.69) is 5.32 Å². The number of imide groups is 1. The van der Waals surface area contributed by atoms with Crippen LogP contribution in [0.4, 0.5) is 5.69 Å². The Kier molecular flexibility index (Phi) is 4.51. The van der Waals surface area contributed by atoms with Crippen LogP contribution in [0.3, 0.4) is 0 Å². The Morgan fingerprint density at radius 3 is 2.36 bits per heavy atom. The normalized spacial score (nSPS) is 14.3. The van der Waals surface area contributed by atoms with Gasteiger partial charge in [-0.3, -0.25) is 14.5 Å². The van der Waals surface area contributed by atoms with Crippen molar-refractivity contribution < 1.29 is 14.3 Å². The Hall–Kier alpha value is -2.79. The molecule has 2 amide bonds. The largest absolute Gasteiger partial charge is 0.495 e. The van der Waals surface area contributed by atoms with Gasteiger partial charge in [0.05, 0.1) is 18.4 Å². The first kappa shape index (κ1) is 17.0. The Morgan fingerprint density at radius 2 is 1.72 bits per heavy atom. The molecule has 0 bridgehead atoms. The van der Waals surface area contributed by atoms with Gasteiger partial charge in [0, 0.05) is 12.1 Å². The number of likely N-dealkylation sites (N-methyl/N-ethyl adjacent to an activating group) is 1. The lowest BCUT2D eigenvalue weighted by molar-refractivity contribution is -0.135. The molecule has 6 heteroatoms.